The molecule has 3 atom stereocenters. The SMILES string of the molecule is C[C@@](CO)(NCc1cc(Cl)c(O[C@H]2CCc3c(-c4cccc(-c5ccc6c(c5)C[C@@H](N)C6)c4Cl)cccc32)nc1OCc1cncc(C#N)c1)C(=O)O. The molecule has 0 unspecified atom stereocenters. The van der Waals surface area contributed by atoms with Gasteiger partial charge in [0.2, 0.25) is 11.8 Å². The van der Waals surface area contributed by atoms with Gasteiger partial charge in [0.15, 0.2) is 0 Å². The topological polar surface area (TPSA) is 164 Å². The lowest BCUT2D eigenvalue weighted by molar-refractivity contribution is -0.145. The third-order valence-corrected chi connectivity index (χ3v) is 10.7. The molecule has 0 radical (unpaired) electrons. The van der Waals surface area contributed by atoms with Gasteiger partial charge in [-0.1, -0.05) is 77.8 Å². The Balaban J connectivity index is 1.17. The van der Waals surface area contributed by atoms with Crippen LogP contribution in [0.5, 0.6) is 11.8 Å². The number of benzene rings is 3. The lowest BCUT2D eigenvalue weighted by Gasteiger charge is -2.24. The summed E-state index contributed by atoms with van der Waals surface area (Å²) in [5.41, 5.74) is 14.8. The highest BCUT2D eigenvalue weighted by Gasteiger charge is 2.33. The molecule has 0 spiro atoms. The van der Waals surface area contributed by atoms with E-state index in [9.17, 15) is 20.3 Å². The molecule has 2 aliphatic carbocycles. The predicted molar refractivity (Wildman–Crippen MR) is 202 cm³/mol. The molecule has 12 heteroatoms. The van der Waals surface area contributed by atoms with Crippen LogP contribution in [0.25, 0.3) is 22.3 Å². The molecule has 10 nitrogen and oxygen atoms in total. The summed E-state index contributed by atoms with van der Waals surface area (Å²) >= 11 is 14.0. The van der Waals surface area contributed by atoms with Crippen LogP contribution in [0.4, 0.5) is 0 Å². The number of halogens is 2. The molecule has 2 aromatic heterocycles. The summed E-state index contributed by atoms with van der Waals surface area (Å²) in [4.78, 5) is 20.6. The first-order valence-electron chi connectivity index (χ1n) is 17.3. The van der Waals surface area contributed by atoms with Gasteiger partial charge in [0.25, 0.3) is 0 Å². The number of aliphatic carboxylic acids is 1. The average molecular weight is 751 g/mol. The Morgan fingerprint density at radius 1 is 1.04 bits per heavy atom. The van der Waals surface area contributed by atoms with E-state index in [-0.39, 0.29) is 42.1 Å². The van der Waals surface area contributed by atoms with Crippen molar-refractivity contribution in [3.05, 3.63) is 128 Å². The number of carbonyl (C=O) groups is 1. The van der Waals surface area contributed by atoms with Gasteiger partial charge in [-0.3, -0.25) is 15.1 Å². The van der Waals surface area contributed by atoms with Gasteiger partial charge in [-0.25, -0.2) is 0 Å². The van der Waals surface area contributed by atoms with E-state index in [0.29, 0.717) is 28.1 Å². The number of aliphatic hydroxyl groups excluding tert-OH is 1. The summed E-state index contributed by atoms with van der Waals surface area (Å²) < 4.78 is 12.6. The Hall–Kier alpha value is -5.02. The molecule has 0 aliphatic heterocycles. The molecular weight excluding hydrogens is 713 g/mol. The highest BCUT2D eigenvalue weighted by Crippen LogP contribution is 2.45. The largest absolute Gasteiger partial charge is 0.480 e. The van der Waals surface area contributed by atoms with Crippen LogP contribution in [0.1, 0.15) is 58.4 Å². The predicted octanol–water partition coefficient (Wildman–Crippen LogP) is 6.99. The zero-order valence-corrected chi connectivity index (χ0v) is 30.4. The number of carboxylic acids is 1. The molecular formula is C41H37Cl2N5O5. The number of rotatable bonds is 12. The van der Waals surface area contributed by atoms with Gasteiger partial charge in [-0.05, 0) is 78.1 Å². The average Bonchev–Trinajstić information content (AvgIpc) is 3.76. The second-order valence-corrected chi connectivity index (χ2v) is 14.5. The number of ether oxygens (including phenoxy) is 2. The maximum absolute atomic E-state index is 11.8. The van der Waals surface area contributed by atoms with Gasteiger partial charge in [-0.15, -0.1) is 0 Å². The number of hydrogen-bond donors (Lipinski definition) is 4. The van der Waals surface area contributed by atoms with Crippen molar-refractivity contribution >= 4 is 29.2 Å². The maximum Gasteiger partial charge on any atom is 0.326 e. The number of nitrogens with two attached hydrogens (primary N) is 1. The highest BCUT2D eigenvalue weighted by atomic mass is 35.5. The third-order valence-electron chi connectivity index (χ3n) is 9.98. The van der Waals surface area contributed by atoms with E-state index in [2.05, 4.69) is 45.6 Å². The fourth-order valence-electron chi connectivity index (χ4n) is 7.01. The van der Waals surface area contributed by atoms with E-state index in [4.69, 9.17) is 38.4 Å². The molecule has 270 valence electrons. The normalized spacial score (nSPS) is 17.1. The Morgan fingerprint density at radius 2 is 1.81 bits per heavy atom. The molecule has 5 N–H and O–H groups in total. The molecule has 5 aromatic rings. The highest BCUT2D eigenvalue weighted by molar-refractivity contribution is 6.36. The Morgan fingerprint density at radius 3 is 2.60 bits per heavy atom. The molecule has 0 saturated carbocycles. The van der Waals surface area contributed by atoms with Crippen molar-refractivity contribution in [2.75, 3.05) is 6.61 Å². The van der Waals surface area contributed by atoms with Crippen molar-refractivity contribution in [1.29, 1.82) is 5.26 Å². The summed E-state index contributed by atoms with van der Waals surface area (Å²) in [6.07, 6.45) is 5.84. The number of nitrogens with zero attached hydrogens (tertiary/aromatic N) is 3. The van der Waals surface area contributed by atoms with Crippen molar-refractivity contribution in [3.8, 4) is 40.1 Å². The second-order valence-electron chi connectivity index (χ2n) is 13.7. The van der Waals surface area contributed by atoms with Crippen LogP contribution in [0.2, 0.25) is 10.0 Å². The van der Waals surface area contributed by atoms with Crippen molar-refractivity contribution in [2.45, 2.75) is 63.4 Å². The van der Waals surface area contributed by atoms with Crippen LogP contribution < -0.4 is 20.5 Å². The third kappa shape index (κ3) is 7.45. The van der Waals surface area contributed by atoms with E-state index in [1.165, 1.54) is 24.2 Å². The van der Waals surface area contributed by atoms with Crippen molar-refractivity contribution in [3.63, 3.8) is 0 Å². The van der Waals surface area contributed by atoms with Crippen LogP contribution in [-0.4, -0.2) is 44.3 Å². The minimum Gasteiger partial charge on any atom is -0.480 e. The molecule has 3 aromatic carbocycles. The van der Waals surface area contributed by atoms with Crippen molar-refractivity contribution < 1.29 is 24.5 Å². The van der Waals surface area contributed by atoms with Crippen molar-refractivity contribution in [2.24, 2.45) is 5.73 Å². The fourth-order valence-corrected chi connectivity index (χ4v) is 7.56. The lowest BCUT2D eigenvalue weighted by Crippen LogP contribution is -2.52. The number of nitrogens with one attached hydrogen (secondary N) is 1. The van der Waals surface area contributed by atoms with E-state index in [1.807, 2.05) is 30.3 Å². The molecule has 53 heavy (non-hydrogen) atoms. The maximum atomic E-state index is 11.8. The quantitative estimate of drug-likeness (QED) is 0.105. The molecule has 2 heterocycles. The molecule has 0 amide bonds. The van der Waals surface area contributed by atoms with E-state index >= 15 is 0 Å². The van der Waals surface area contributed by atoms with Gasteiger partial charge < -0.3 is 25.4 Å². The number of aromatic nitrogens is 2. The monoisotopic (exact) mass is 749 g/mol. The summed E-state index contributed by atoms with van der Waals surface area (Å²) in [6.45, 7) is 0.722. The minimum atomic E-state index is -1.62. The number of carboxylic acid groups (broad SMARTS) is 1. The standard InChI is InChI=1S/C41H37Cl2N5O5/c1-41(22-49,40(50)51)47-20-28-16-35(42)39(48-38(28)52-21-24-12-23(17-44)18-46-19-24)53-36-11-10-32-31(5-3-6-33(32)36)34-7-2-4-30(37(34)43)26-9-8-25-14-29(45)15-27(25)13-26/h2-9,12-13,16,18-19,29,36,47,49H,10-11,14-15,20-22,45H2,1H3,(H,50,51)/t29-,36-,41-/m0/s1. The smallest absolute Gasteiger partial charge is 0.326 e. The molecule has 0 bridgehead atoms. The van der Waals surface area contributed by atoms with Crippen LogP contribution >= 0.6 is 23.2 Å². The first-order valence-corrected chi connectivity index (χ1v) is 18.0. The van der Waals surface area contributed by atoms with E-state index < -0.39 is 18.1 Å². The number of hydrogen-bond acceptors (Lipinski definition) is 9. The number of aliphatic hydroxyl groups is 1. The fraction of sp³-hybridized carbons (Fsp3) is 0.268. The molecule has 7 rings (SSSR count). The molecule has 0 saturated heterocycles. The number of fused-ring (bicyclic) bond motifs is 2. The first kappa shape index (κ1) is 36.3. The first-order chi connectivity index (χ1) is 25.6. The zero-order valence-electron chi connectivity index (χ0n) is 28.9. The zero-order chi connectivity index (χ0) is 37.3. The van der Waals surface area contributed by atoms with Crippen LogP contribution in [0, 0.1) is 11.3 Å². The van der Waals surface area contributed by atoms with Crippen molar-refractivity contribution in [1.82, 2.24) is 15.3 Å². The van der Waals surface area contributed by atoms with Gasteiger partial charge in [0.1, 0.15) is 29.3 Å². The Labute approximate surface area is 317 Å². The Bertz CT molecular complexity index is 2260. The summed E-state index contributed by atoms with van der Waals surface area (Å²) in [5.74, 6) is -0.923. The van der Waals surface area contributed by atoms with Gasteiger partial charge in [-0.2, -0.15) is 10.2 Å². The molecule has 2 aliphatic rings. The second kappa shape index (κ2) is 15.1. The van der Waals surface area contributed by atoms with Crippen LogP contribution in [-0.2, 0) is 37.2 Å². The van der Waals surface area contributed by atoms with Gasteiger partial charge >= 0.3 is 5.97 Å². The van der Waals surface area contributed by atoms with E-state index in [1.54, 1.807) is 18.3 Å². The van der Waals surface area contributed by atoms with Crippen LogP contribution in [0.3, 0.4) is 0 Å². The Kier molecular flexibility index (Phi) is 10.4. The molecule has 0 fully saturated rings. The summed E-state index contributed by atoms with van der Waals surface area (Å²) in [7, 11) is 0. The summed E-state index contributed by atoms with van der Waals surface area (Å²) in [6, 6.07) is 24.2. The minimum absolute atomic E-state index is 0.0221. The number of pyridine rings is 2. The van der Waals surface area contributed by atoms with Gasteiger partial charge in [0.05, 0.1) is 17.2 Å². The number of nitriles is 1. The van der Waals surface area contributed by atoms with E-state index in [0.717, 1.165) is 52.6 Å². The van der Waals surface area contributed by atoms with Gasteiger partial charge in [0, 0.05) is 47.2 Å². The van der Waals surface area contributed by atoms with Crippen LogP contribution in [0.15, 0.2) is 79.1 Å². The lowest BCUT2D eigenvalue weighted by atomic mass is 9.93. The summed E-state index contributed by atoms with van der Waals surface area (Å²) in [5, 5.41) is 32.5.